The molecule has 0 fully saturated rings. The number of benzene rings is 1. The standard InChI is InChI=1S/C11H13F3N2O/c1-15-5-2-6-16-11(17)7-3-4-8(12)10(14)9(7)13/h3-4,15H,2,5-6H2,1H3,(H,16,17). The van der Waals surface area contributed by atoms with E-state index in [1.54, 1.807) is 7.05 Å². The van der Waals surface area contributed by atoms with Gasteiger partial charge in [-0.15, -0.1) is 0 Å². The normalized spacial score (nSPS) is 10.4. The molecule has 0 aromatic heterocycles. The Bertz CT molecular complexity index is 410. The second-order valence-corrected chi connectivity index (χ2v) is 3.44. The van der Waals surface area contributed by atoms with E-state index in [2.05, 4.69) is 10.6 Å². The van der Waals surface area contributed by atoms with Crippen LogP contribution < -0.4 is 10.6 Å². The maximum atomic E-state index is 13.2. The first-order chi connectivity index (χ1) is 8.07. The van der Waals surface area contributed by atoms with Crippen molar-refractivity contribution in [1.82, 2.24) is 10.6 Å². The predicted octanol–water partition coefficient (Wildman–Crippen LogP) is 1.44. The van der Waals surface area contributed by atoms with Crippen LogP contribution in [0.15, 0.2) is 12.1 Å². The van der Waals surface area contributed by atoms with Crippen LogP contribution in [0.25, 0.3) is 0 Å². The summed E-state index contributed by atoms with van der Waals surface area (Å²) in [5.41, 5.74) is -0.492. The van der Waals surface area contributed by atoms with Crippen LogP contribution in [0.2, 0.25) is 0 Å². The van der Waals surface area contributed by atoms with Gasteiger partial charge in [0.25, 0.3) is 5.91 Å². The lowest BCUT2D eigenvalue weighted by Gasteiger charge is -2.06. The summed E-state index contributed by atoms with van der Waals surface area (Å²) in [5.74, 6) is -5.16. The van der Waals surface area contributed by atoms with Gasteiger partial charge in [-0.2, -0.15) is 0 Å². The average molecular weight is 246 g/mol. The van der Waals surface area contributed by atoms with Crippen molar-refractivity contribution >= 4 is 5.91 Å². The first-order valence-corrected chi connectivity index (χ1v) is 5.14. The Morgan fingerprint density at radius 3 is 2.53 bits per heavy atom. The lowest BCUT2D eigenvalue weighted by Crippen LogP contribution is -2.27. The number of rotatable bonds is 5. The Hall–Kier alpha value is -1.56. The third-order valence-corrected chi connectivity index (χ3v) is 2.17. The minimum absolute atomic E-state index is 0.331. The summed E-state index contributed by atoms with van der Waals surface area (Å²) in [6.07, 6.45) is 0.660. The van der Waals surface area contributed by atoms with Crippen molar-refractivity contribution in [2.75, 3.05) is 20.1 Å². The molecule has 1 rings (SSSR count). The molecule has 0 saturated heterocycles. The second-order valence-electron chi connectivity index (χ2n) is 3.44. The van der Waals surface area contributed by atoms with Crippen LogP contribution in [0.5, 0.6) is 0 Å². The van der Waals surface area contributed by atoms with Crippen LogP contribution in [0.4, 0.5) is 13.2 Å². The third-order valence-electron chi connectivity index (χ3n) is 2.17. The van der Waals surface area contributed by atoms with Crippen molar-refractivity contribution in [3.63, 3.8) is 0 Å². The topological polar surface area (TPSA) is 41.1 Å². The van der Waals surface area contributed by atoms with Gasteiger partial charge in [0.1, 0.15) is 0 Å². The van der Waals surface area contributed by atoms with Crippen LogP contribution in [0.3, 0.4) is 0 Å². The Morgan fingerprint density at radius 1 is 1.18 bits per heavy atom. The molecule has 3 nitrogen and oxygen atoms in total. The summed E-state index contributed by atoms with van der Waals surface area (Å²) in [6, 6.07) is 1.64. The van der Waals surface area contributed by atoms with Crippen molar-refractivity contribution in [3.05, 3.63) is 35.1 Å². The molecule has 0 aliphatic heterocycles. The number of hydrogen-bond donors (Lipinski definition) is 2. The van der Waals surface area contributed by atoms with Crippen LogP contribution in [0.1, 0.15) is 16.8 Å². The number of amides is 1. The number of nitrogens with one attached hydrogen (secondary N) is 2. The fourth-order valence-corrected chi connectivity index (χ4v) is 1.26. The summed E-state index contributed by atoms with van der Waals surface area (Å²) >= 11 is 0. The van der Waals surface area contributed by atoms with Crippen LogP contribution >= 0.6 is 0 Å². The van der Waals surface area contributed by atoms with Crippen molar-refractivity contribution in [2.45, 2.75) is 6.42 Å². The summed E-state index contributed by atoms with van der Waals surface area (Å²) in [5, 5.41) is 5.29. The number of hydrogen-bond acceptors (Lipinski definition) is 2. The third kappa shape index (κ3) is 3.45. The van der Waals surface area contributed by atoms with E-state index in [1.165, 1.54) is 0 Å². The van der Waals surface area contributed by atoms with E-state index in [0.29, 0.717) is 19.5 Å². The van der Waals surface area contributed by atoms with Gasteiger partial charge in [0.2, 0.25) is 0 Å². The summed E-state index contributed by atoms with van der Waals surface area (Å²) < 4.78 is 38.7. The van der Waals surface area contributed by atoms with E-state index in [0.717, 1.165) is 12.1 Å². The highest BCUT2D eigenvalue weighted by molar-refractivity contribution is 5.94. The number of carbonyl (C=O) groups excluding carboxylic acids is 1. The molecule has 1 aromatic rings. The molecule has 0 saturated carbocycles. The maximum Gasteiger partial charge on any atom is 0.254 e. The molecule has 94 valence electrons. The largest absolute Gasteiger partial charge is 0.352 e. The molecule has 6 heteroatoms. The van der Waals surface area contributed by atoms with Crippen LogP contribution in [-0.2, 0) is 0 Å². The van der Waals surface area contributed by atoms with Gasteiger partial charge in [0.05, 0.1) is 5.56 Å². The van der Waals surface area contributed by atoms with Crippen molar-refractivity contribution in [1.29, 1.82) is 0 Å². The molecular formula is C11H13F3N2O. The van der Waals surface area contributed by atoms with Gasteiger partial charge >= 0.3 is 0 Å². The highest BCUT2D eigenvalue weighted by Gasteiger charge is 2.18. The first-order valence-electron chi connectivity index (χ1n) is 5.14. The maximum absolute atomic E-state index is 13.2. The van der Waals surface area contributed by atoms with Gasteiger partial charge in [-0.1, -0.05) is 0 Å². The van der Waals surface area contributed by atoms with E-state index in [1.807, 2.05) is 0 Å². The van der Waals surface area contributed by atoms with Crippen molar-refractivity contribution < 1.29 is 18.0 Å². The second kappa shape index (κ2) is 6.24. The molecular weight excluding hydrogens is 233 g/mol. The molecule has 2 N–H and O–H groups in total. The molecule has 0 unspecified atom stereocenters. The molecule has 0 spiro atoms. The quantitative estimate of drug-likeness (QED) is 0.609. The lowest BCUT2D eigenvalue weighted by molar-refractivity contribution is 0.0948. The number of carbonyl (C=O) groups is 1. The molecule has 0 radical (unpaired) electrons. The van der Waals surface area contributed by atoms with E-state index in [9.17, 15) is 18.0 Å². The fraction of sp³-hybridized carbons (Fsp3) is 0.364. The summed E-state index contributed by atoms with van der Waals surface area (Å²) in [7, 11) is 1.76. The fourth-order valence-electron chi connectivity index (χ4n) is 1.26. The molecule has 17 heavy (non-hydrogen) atoms. The Labute approximate surface area is 97.0 Å². The zero-order valence-electron chi connectivity index (χ0n) is 9.32. The smallest absolute Gasteiger partial charge is 0.254 e. The zero-order chi connectivity index (χ0) is 12.8. The van der Waals surface area contributed by atoms with Gasteiger partial charge < -0.3 is 10.6 Å². The molecule has 0 aliphatic carbocycles. The Morgan fingerprint density at radius 2 is 1.88 bits per heavy atom. The molecule has 0 aliphatic rings. The van der Waals surface area contributed by atoms with Gasteiger partial charge in [-0.25, -0.2) is 13.2 Å². The SMILES string of the molecule is CNCCCNC(=O)c1ccc(F)c(F)c1F. The zero-order valence-corrected chi connectivity index (χ0v) is 9.32. The molecule has 0 bridgehead atoms. The van der Waals surface area contributed by atoms with Crippen molar-refractivity contribution in [2.24, 2.45) is 0 Å². The van der Waals surface area contributed by atoms with E-state index in [4.69, 9.17) is 0 Å². The summed E-state index contributed by atoms with van der Waals surface area (Å²) in [6.45, 7) is 1.03. The van der Waals surface area contributed by atoms with E-state index >= 15 is 0 Å². The molecule has 0 atom stereocenters. The van der Waals surface area contributed by atoms with Crippen molar-refractivity contribution in [3.8, 4) is 0 Å². The van der Waals surface area contributed by atoms with E-state index < -0.39 is 28.9 Å². The Balaban J connectivity index is 2.66. The lowest BCUT2D eigenvalue weighted by atomic mass is 10.2. The van der Waals surface area contributed by atoms with Crippen LogP contribution in [0, 0.1) is 17.5 Å². The average Bonchev–Trinajstić information content (AvgIpc) is 2.31. The van der Waals surface area contributed by atoms with Gasteiger partial charge in [0.15, 0.2) is 17.5 Å². The monoisotopic (exact) mass is 246 g/mol. The van der Waals surface area contributed by atoms with Crippen LogP contribution in [-0.4, -0.2) is 26.0 Å². The molecule has 1 amide bonds. The highest BCUT2D eigenvalue weighted by Crippen LogP contribution is 2.14. The molecule has 1 aromatic carbocycles. The molecule has 0 heterocycles. The number of halogens is 3. The van der Waals surface area contributed by atoms with Gasteiger partial charge in [-0.3, -0.25) is 4.79 Å². The van der Waals surface area contributed by atoms with Gasteiger partial charge in [-0.05, 0) is 32.1 Å². The van der Waals surface area contributed by atoms with E-state index in [-0.39, 0.29) is 0 Å². The predicted molar refractivity (Wildman–Crippen MR) is 57.2 cm³/mol. The first kappa shape index (κ1) is 13.5. The summed E-state index contributed by atoms with van der Waals surface area (Å²) in [4.78, 5) is 11.4. The minimum Gasteiger partial charge on any atom is -0.352 e. The Kier molecular flexibility index (Phi) is 4.96. The van der Waals surface area contributed by atoms with Gasteiger partial charge in [0, 0.05) is 6.54 Å². The highest BCUT2D eigenvalue weighted by atomic mass is 19.2. The minimum atomic E-state index is -1.63.